The van der Waals surface area contributed by atoms with E-state index >= 15 is 0 Å². The summed E-state index contributed by atoms with van der Waals surface area (Å²) in [5, 5.41) is 0. The molecule has 2 atom stereocenters. The van der Waals surface area contributed by atoms with Crippen LogP contribution >= 0.6 is 7.82 Å². The molecule has 1 N–H and O–H groups in total. The van der Waals surface area contributed by atoms with Crippen LogP contribution in [-0.4, -0.2) is 74.9 Å². The summed E-state index contributed by atoms with van der Waals surface area (Å²) >= 11 is 0. The molecule has 0 saturated carbocycles. The van der Waals surface area contributed by atoms with Gasteiger partial charge in [-0.25, -0.2) is 4.57 Å². The number of esters is 2. The Morgan fingerprint density at radius 3 is 1.56 bits per heavy atom. The average molecular weight is 817 g/mol. The molecule has 0 spiro atoms. The highest BCUT2D eigenvalue weighted by Crippen LogP contribution is 2.43. The van der Waals surface area contributed by atoms with Crippen LogP contribution in [0.2, 0.25) is 0 Å². The molecule has 0 aromatic rings. The van der Waals surface area contributed by atoms with Crippen LogP contribution in [0.3, 0.4) is 0 Å². The summed E-state index contributed by atoms with van der Waals surface area (Å²) in [4.78, 5) is 35.3. The van der Waals surface area contributed by atoms with Crippen LogP contribution in [0.1, 0.15) is 136 Å². The van der Waals surface area contributed by atoms with Crippen molar-refractivity contribution in [2.75, 3.05) is 47.5 Å². The zero-order valence-corrected chi connectivity index (χ0v) is 37.2. The Bertz CT molecular complexity index is 1290. The number of hydrogen-bond donors (Lipinski definition) is 1. The van der Waals surface area contributed by atoms with E-state index in [1.165, 1.54) is 38.5 Å². The quantitative estimate of drug-likeness (QED) is 0.0217. The molecule has 0 aliphatic heterocycles. The lowest BCUT2D eigenvalue weighted by molar-refractivity contribution is -0.870. The van der Waals surface area contributed by atoms with Gasteiger partial charge in [0, 0.05) is 12.8 Å². The number of phosphoric ester groups is 1. The molecule has 0 saturated heterocycles. The molecule has 0 bridgehead atoms. The molecule has 0 radical (unpaired) electrons. The minimum absolute atomic E-state index is 0.00799. The van der Waals surface area contributed by atoms with Gasteiger partial charge in [0.1, 0.15) is 19.8 Å². The summed E-state index contributed by atoms with van der Waals surface area (Å²) in [6.45, 7) is 4.13. The zero-order valence-electron chi connectivity index (χ0n) is 36.3. The smallest absolute Gasteiger partial charge is 0.462 e. The van der Waals surface area contributed by atoms with E-state index in [-0.39, 0.29) is 26.1 Å². The van der Waals surface area contributed by atoms with Crippen LogP contribution in [0.5, 0.6) is 0 Å². The van der Waals surface area contributed by atoms with Gasteiger partial charge in [-0.3, -0.25) is 18.6 Å². The number of carbonyl (C=O) groups excluding carboxylic acids is 2. The van der Waals surface area contributed by atoms with Crippen LogP contribution in [0.15, 0.2) is 97.2 Å². The van der Waals surface area contributed by atoms with Crippen molar-refractivity contribution in [2.45, 2.75) is 142 Å². The second kappa shape index (κ2) is 38.4. The van der Waals surface area contributed by atoms with Crippen molar-refractivity contribution in [1.82, 2.24) is 0 Å². The first kappa shape index (κ1) is 53.9. The molecule has 0 aliphatic rings. The number of quaternary nitrogens is 1. The minimum atomic E-state index is -4.41. The van der Waals surface area contributed by atoms with Crippen molar-refractivity contribution in [2.24, 2.45) is 0 Å². The minimum Gasteiger partial charge on any atom is -0.462 e. The number of likely N-dealkylation sites (N-methyl/N-ethyl adjacent to an activating group) is 1. The summed E-state index contributed by atoms with van der Waals surface area (Å²) in [7, 11) is 1.40. The van der Waals surface area contributed by atoms with E-state index in [1.807, 2.05) is 39.4 Å². The summed E-state index contributed by atoms with van der Waals surface area (Å²) in [6.07, 6.45) is 50.6. The first-order valence-electron chi connectivity index (χ1n) is 21.5. The molecule has 57 heavy (non-hydrogen) atoms. The number of unbranched alkanes of at least 4 members (excludes halogenated alkanes) is 7. The highest BCUT2D eigenvalue weighted by atomic mass is 31.2. The second-order valence-corrected chi connectivity index (χ2v) is 16.4. The Kier molecular flexibility index (Phi) is 36.4. The molecule has 0 heterocycles. The Labute approximate surface area is 347 Å². The maximum atomic E-state index is 12.6. The fraction of sp³-hybridized carbons (Fsp3) is 0.617. The predicted octanol–water partition coefficient (Wildman–Crippen LogP) is 12.2. The number of phosphoric acid groups is 1. The summed E-state index contributed by atoms with van der Waals surface area (Å²) < 4.78 is 34.1. The van der Waals surface area contributed by atoms with Crippen molar-refractivity contribution in [1.29, 1.82) is 0 Å². The average Bonchev–Trinajstić information content (AvgIpc) is 3.16. The van der Waals surface area contributed by atoms with E-state index in [2.05, 4.69) is 92.8 Å². The van der Waals surface area contributed by atoms with Crippen LogP contribution < -0.4 is 0 Å². The third-order valence-electron chi connectivity index (χ3n) is 8.36. The highest BCUT2D eigenvalue weighted by molar-refractivity contribution is 7.47. The molecular formula is C47H79NO8P+. The largest absolute Gasteiger partial charge is 0.472 e. The molecule has 0 aromatic heterocycles. The number of hydrogen-bond acceptors (Lipinski definition) is 7. The van der Waals surface area contributed by atoms with E-state index in [4.69, 9.17) is 18.5 Å². The fourth-order valence-corrected chi connectivity index (χ4v) is 5.76. The van der Waals surface area contributed by atoms with Crippen molar-refractivity contribution < 1.29 is 42.1 Å². The number of ether oxygens (including phenoxy) is 2. The van der Waals surface area contributed by atoms with Gasteiger partial charge in [-0.2, -0.15) is 0 Å². The van der Waals surface area contributed by atoms with Crippen LogP contribution in [0.4, 0.5) is 0 Å². The van der Waals surface area contributed by atoms with Gasteiger partial charge in [0.25, 0.3) is 0 Å². The summed E-state index contributed by atoms with van der Waals surface area (Å²) in [5.74, 6) is -0.958. The number of nitrogens with zero attached hydrogens (tertiary/aromatic N) is 1. The molecule has 2 unspecified atom stereocenters. The van der Waals surface area contributed by atoms with Crippen molar-refractivity contribution in [3.8, 4) is 0 Å². The third-order valence-corrected chi connectivity index (χ3v) is 9.35. The monoisotopic (exact) mass is 817 g/mol. The topological polar surface area (TPSA) is 108 Å². The molecule has 0 fully saturated rings. The van der Waals surface area contributed by atoms with Crippen molar-refractivity contribution in [3.63, 3.8) is 0 Å². The molecule has 324 valence electrons. The van der Waals surface area contributed by atoms with Crippen LogP contribution in [0.25, 0.3) is 0 Å². The predicted molar refractivity (Wildman–Crippen MR) is 238 cm³/mol. The first-order chi connectivity index (χ1) is 27.5. The van der Waals surface area contributed by atoms with E-state index in [0.29, 0.717) is 23.9 Å². The molecular weight excluding hydrogens is 737 g/mol. The fourth-order valence-electron chi connectivity index (χ4n) is 5.02. The van der Waals surface area contributed by atoms with Gasteiger partial charge in [-0.05, 0) is 77.0 Å². The van der Waals surface area contributed by atoms with Gasteiger partial charge < -0.3 is 18.9 Å². The normalized spacial score (nSPS) is 14.6. The van der Waals surface area contributed by atoms with Gasteiger partial charge in [-0.15, -0.1) is 0 Å². The van der Waals surface area contributed by atoms with E-state index in [0.717, 1.165) is 57.8 Å². The van der Waals surface area contributed by atoms with Gasteiger partial charge in [-0.1, -0.05) is 143 Å². The first-order valence-corrected chi connectivity index (χ1v) is 23.0. The third kappa shape index (κ3) is 42.4. The zero-order chi connectivity index (χ0) is 42.1. The van der Waals surface area contributed by atoms with Gasteiger partial charge in [0.15, 0.2) is 6.10 Å². The van der Waals surface area contributed by atoms with Gasteiger partial charge >= 0.3 is 19.8 Å². The van der Waals surface area contributed by atoms with Crippen LogP contribution in [0, 0.1) is 0 Å². The highest BCUT2D eigenvalue weighted by Gasteiger charge is 2.27. The van der Waals surface area contributed by atoms with Gasteiger partial charge in [0.2, 0.25) is 0 Å². The Hall–Kier alpha value is -3.07. The summed E-state index contributed by atoms with van der Waals surface area (Å²) in [6, 6.07) is 0. The van der Waals surface area contributed by atoms with E-state index < -0.39 is 32.5 Å². The van der Waals surface area contributed by atoms with E-state index in [9.17, 15) is 19.0 Å². The van der Waals surface area contributed by atoms with Crippen molar-refractivity contribution in [3.05, 3.63) is 97.2 Å². The van der Waals surface area contributed by atoms with Gasteiger partial charge in [0.05, 0.1) is 27.7 Å². The molecule has 0 aromatic carbocycles. The Balaban J connectivity index is 4.55. The standard InChI is InChI=1S/C47H78NO8P/c1-6-8-10-12-14-16-18-20-21-22-23-24-25-26-28-29-31-33-35-37-39-46(49)53-43-45(44-55-57(51,52)54-42-41-48(3,4)5)56-47(50)40-38-36-34-32-30-27-19-17-15-13-11-9-7-2/h8,10,14,16,20-21,23-24,26-28,30-31,33-34,36,45H,6-7,9,11-13,15,17-19,22,25,29,32,35,37-44H2,1-5H3/p+1/b10-8+,16-14+,21-20+,24-23+,28-26+,30-27+,33-31+,36-34+. The molecule has 0 aliphatic carbocycles. The molecule has 0 amide bonds. The molecule has 10 heteroatoms. The lowest BCUT2D eigenvalue weighted by Gasteiger charge is -2.24. The summed E-state index contributed by atoms with van der Waals surface area (Å²) in [5.41, 5.74) is 0. The van der Waals surface area contributed by atoms with Crippen LogP contribution in [-0.2, 0) is 32.7 Å². The maximum absolute atomic E-state index is 12.6. The Morgan fingerprint density at radius 1 is 0.561 bits per heavy atom. The SMILES string of the molecule is CC/C=C/C/C=C/C/C=C/C/C=C/C/C=C/C/C=C/CCCC(=O)OCC(COP(=O)(O)OCC[N+](C)(C)C)OC(=O)CC/C=C/C/C=C/CCCCCCCC. The van der Waals surface area contributed by atoms with Crippen molar-refractivity contribution >= 4 is 19.8 Å². The lowest BCUT2D eigenvalue weighted by Crippen LogP contribution is -2.37. The molecule has 9 nitrogen and oxygen atoms in total. The van der Waals surface area contributed by atoms with E-state index in [1.54, 1.807) is 0 Å². The number of rotatable bonds is 37. The molecule has 0 rings (SSSR count). The maximum Gasteiger partial charge on any atom is 0.472 e. The lowest BCUT2D eigenvalue weighted by atomic mass is 10.1. The number of carbonyl (C=O) groups is 2. The Morgan fingerprint density at radius 2 is 1.04 bits per heavy atom. The number of allylic oxidation sites excluding steroid dienone is 16. The second-order valence-electron chi connectivity index (χ2n) is 15.0.